The summed E-state index contributed by atoms with van der Waals surface area (Å²) in [5.74, 6) is -0.637. The number of nitrogens with one attached hydrogen (secondary N) is 1. The maximum atomic E-state index is 13.2. The lowest BCUT2D eigenvalue weighted by Gasteiger charge is -2.35. The zero-order valence-electron chi connectivity index (χ0n) is 19.3. The van der Waals surface area contributed by atoms with Crippen LogP contribution in [0.15, 0.2) is 42.0 Å². The summed E-state index contributed by atoms with van der Waals surface area (Å²) in [5.41, 5.74) is 1.28. The molecule has 0 atom stereocenters. The number of barbiturate groups is 1. The smallest absolute Gasteiger partial charge is 0.331 e. The maximum Gasteiger partial charge on any atom is 0.331 e. The molecule has 4 amide bonds. The third kappa shape index (κ3) is 5.83. The molecular weight excluding hydrogens is 566 g/mol. The topological polar surface area (TPSA) is 84.9 Å². The molecule has 1 aliphatic heterocycles. The normalized spacial score (nSPS) is 18.1. The van der Waals surface area contributed by atoms with E-state index in [1.165, 1.54) is 23.1 Å². The van der Waals surface area contributed by atoms with Gasteiger partial charge in [-0.1, -0.05) is 31.4 Å². The molecule has 2 aliphatic rings. The fourth-order valence-electron chi connectivity index (χ4n) is 4.32. The average Bonchev–Trinajstić information content (AvgIpc) is 2.83. The third-order valence-electron chi connectivity index (χ3n) is 6.01. The fraction of sp³-hybridized carbons (Fsp3) is 0.346. The number of carbonyl (C=O) groups is 3. The largest absolute Gasteiger partial charge is 0.490 e. The van der Waals surface area contributed by atoms with Gasteiger partial charge in [-0.05, 0) is 83.8 Å². The molecule has 2 aromatic carbocycles. The highest BCUT2D eigenvalue weighted by molar-refractivity contribution is 14.1. The Hall–Kier alpha value is -2.95. The number of carbonyl (C=O) groups excluding carboxylic acids is 3. The van der Waals surface area contributed by atoms with Gasteiger partial charge in [0.1, 0.15) is 18.0 Å². The second-order valence-corrected chi connectivity index (χ2v) is 9.62. The van der Waals surface area contributed by atoms with Crippen molar-refractivity contribution in [2.24, 2.45) is 0 Å². The van der Waals surface area contributed by atoms with E-state index in [4.69, 9.17) is 9.47 Å². The van der Waals surface area contributed by atoms with Gasteiger partial charge in [-0.25, -0.2) is 9.18 Å². The molecular formula is C26H26FIN2O5. The molecule has 2 fully saturated rings. The Morgan fingerprint density at radius 1 is 1.09 bits per heavy atom. The molecule has 35 heavy (non-hydrogen) atoms. The lowest BCUT2D eigenvalue weighted by atomic mass is 9.93. The van der Waals surface area contributed by atoms with Crippen molar-refractivity contribution in [3.8, 4) is 11.5 Å². The number of rotatable bonds is 7. The molecule has 2 aromatic rings. The molecule has 1 saturated carbocycles. The lowest BCUT2D eigenvalue weighted by Crippen LogP contribution is -2.58. The van der Waals surface area contributed by atoms with Crippen LogP contribution in [0.1, 0.15) is 50.2 Å². The Morgan fingerprint density at radius 3 is 2.49 bits per heavy atom. The highest BCUT2D eigenvalue weighted by atomic mass is 127. The SMILES string of the molecule is CCOc1cc(C=C2C(=O)NC(=O)N(C3CCCCC3)C2=O)cc(I)c1OCc1ccc(F)cc1. The van der Waals surface area contributed by atoms with E-state index >= 15 is 0 Å². The summed E-state index contributed by atoms with van der Waals surface area (Å²) in [6.07, 6.45) is 5.94. The van der Waals surface area contributed by atoms with Crippen LogP contribution in [0, 0.1) is 9.39 Å². The first-order chi connectivity index (χ1) is 16.9. The van der Waals surface area contributed by atoms with Gasteiger partial charge in [0, 0.05) is 6.04 Å². The van der Waals surface area contributed by atoms with Gasteiger partial charge >= 0.3 is 6.03 Å². The van der Waals surface area contributed by atoms with Gasteiger partial charge in [-0.3, -0.25) is 19.8 Å². The highest BCUT2D eigenvalue weighted by Crippen LogP contribution is 2.36. The quantitative estimate of drug-likeness (QED) is 0.272. The average molecular weight is 592 g/mol. The summed E-state index contributed by atoms with van der Waals surface area (Å²) < 4.78 is 25.6. The van der Waals surface area contributed by atoms with E-state index in [-0.39, 0.29) is 24.0 Å². The number of imide groups is 2. The van der Waals surface area contributed by atoms with E-state index in [1.807, 2.05) is 6.92 Å². The van der Waals surface area contributed by atoms with Gasteiger partial charge in [0.15, 0.2) is 11.5 Å². The summed E-state index contributed by atoms with van der Waals surface area (Å²) in [6, 6.07) is 8.65. The van der Waals surface area contributed by atoms with Crippen LogP contribution in [0.3, 0.4) is 0 Å². The van der Waals surface area contributed by atoms with E-state index in [9.17, 15) is 18.8 Å². The van der Waals surface area contributed by atoms with E-state index in [0.29, 0.717) is 27.2 Å². The van der Waals surface area contributed by atoms with Gasteiger partial charge < -0.3 is 9.47 Å². The number of hydrogen-bond donors (Lipinski definition) is 1. The van der Waals surface area contributed by atoms with Crippen LogP contribution in [0.2, 0.25) is 0 Å². The first-order valence-corrected chi connectivity index (χ1v) is 12.7. The Morgan fingerprint density at radius 2 is 1.80 bits per heavy atom. The minimum Gasteiger partial charge on any atom is -0.490 e. The molecule has 184 valence electrons. The highest BCUT2D eigenvalue weighted by Gasteiger charge is 2.40. The predicted octanol–water partition coefficient (Wildman–Crippen LogP) is 5.20. The number of benzene rings is 2. The number of nitrogens with zero attached hydrogens (tertiary/aromatic N) is 1. The van der Waals surface area contributed by atoms with Crippen molar-refractivity contribution in [1.29, 1.82) is 0 Å². The molecule has 0 unspecified atom stereocenters. The van der Waals surface area contributed by atoms with Crippen LogP contribution in [0.4, 0.5) is 9.18 Å². The van der Waals surface area contributed by atoms with Crippen molar-refractivity contribution in [2.45, 2.75) is 51.7 Å². The van der Waals surface area contributed by atoms with Gasteiger partial charge in [0.05, 0.1) is 10.2 Å². The van der Waals surface area contributed by atoms with Crippen LogP contribution in [-0.4, -0.2) is 35.4 Å². The van der Waals surface area contributed by atoms with Crippen LogP contribution >= 0.6 is 22.6 Å². The second-order valence-electron chi connectivity index (χ2n) is 8.46. The number of urea groups is 1. The molecule has 0 radical (unpaired) electrons. The molecule has 0 bridgehead atoms. The number of amides is 4. The Bertz CT molecular complexity index is 1160. The third-order valence-corrected chi connectivity index (χ3v) is 6.81. The molecule has 0 aromatic heterocycles. The van der Waals surface area contributed by atoms with Crippen molar-refractivity contribution in [3.63, 3.8) is 0 Å². The van der Waals surface area contributed by atoms with Crippen LogP contribution < -0.4 is 14.8 Å². The first-order valence-electron chi connectivity index (χ1n) is 11.6. The van der Waals surface area contributed by atoms with Gasteiger partial charge in [-0.2, -0.15) is 0 Å². The summed E-state index contributed by atoms with van der Waals surface area (Å²) in [7, 11) is 0. The van der Waals surface area contributed by atoms with Gasteiger partial charge in [0.2, 0.25) is 0 Å². The summed E-state index contributed by atoms with van der Waals surface area (Å²) in [4.78, 5) is 39.4. The Balaban J connectivity index is 1.61. The fourth-order valence-corrected chi connectivity index (χ4v) is 5.10. The Kier molecular flexibility index (Phi) is 8.04. The predicted molar refractivity (Wildman–Crippen MR) is 136 cm³/mol. The molecule has 1 N–H and O–H groups in total. The molecule has 4 rings (SSSR count). The molecule has 0 spiro atoms. The first kappa shape index (κ1) is 25.2. The van der Waals surface area contributed by atoms with E-state index in [2.05, 4.69) is 27.9 Å². The van der Waals surface area contributed by atoms with E-state index in [0.717, 1.165) is 37.7 Å². The molecule has 1 aliphatic carbocycles. The molecule has 9 heteroatoms. The molecule has 1 heterocycles. The summed E-state index contributed by atoms with van der Waals surface area (Å²) in [6.45, 7) is 2.44. The molecule has 7 nitrogen and oxygen atoms in total. The zero-order valence-corrected chi connectivity index (χ0v) is 21.5. The van der Waals surface area contributed by atoms with Crippen LogP contribution in [0.25, 0.3) is 6.08 Å². The van der Waals surface area contributed by atoms with E-state index in [1.54, 1.807) is 24.3 Å². The van der Waals surface area contributed by atoms with Gasteiger partial charge in [0.25, 0.3) is 11.8 Å². The summed E-state index contributed by atoms with van der Waals surface area (Å²) >= 11 is 2.10. The lowest BCUT2D eigenvalue weighted by molar-refractivity contribution is -0.132. The van der Waals surface area contributed by atoms with Crippen molar-refractivity contribution < 1.29 is 28.2 Å². The van der Waals surface area contributed by atoms with Crippen molar-refractivity contribution in [2.75, 3.05) is 6.61 Å². The van der Waals surface area contributed by atoms with Gasteiger partial charge in [-0.15, -0.1) is 0 Å². The molecule has 1 saturated heterocycles. The zero-order chi connectivity index (χ0) is 24.9. The number of halogens is 2. The monoisotopic (exact) mass is 592 g/mol. The minimum absolute atomic E-state index is 0.0894. The van der Waals surface area contributed by atoms with Crippen molar-refractivity contribution in [1.82, 2.24) is 10.2 Å². The second kappa shape index (κ2) is 11.2. The van der Waals surface area contributed by atoms with Crippen LogP contribution in [0.5, 0.6) is 11.5 Å². The minimum atomic E-state index is -0.711. The summed E-state index contributed by atoms with van der Waals surface area (Å²) in [5, 5.41) is 2.31. The number of hydrogen-bond acceptors (Lipinski definition) is 5. The number of ether oxygens (including phenoxy) is 2. The maximum absolute atomic E-state index is 13.2. The standard InChI is InChI=1S/C26H26FIN2O5/c1-2-34-22-14-17(13-21(28)23(22)35-15-16-8-10-18(27)11-9-16)12-20-24(31)29-26(33)30(25(20)32)19-6-4-3-5-7-19/h8-14,19H,2-7,15H2,1H3,(H,29,31,33). The van der Waals surface area contributed by atoms with Crippen LogP contribution in [-0.2, 0) is 16.2 Å². The van der Waals surface area contributed by atoms with Crippen molar-refractivity contribution >= 4 is 46.5 Å². The van der Waals surface area contributed by atoms with Crippen molar-refractivity contribution in [3.05, 3.63) is 62.5 Å². The Labute approximate surface area is 216 Å². The van der Waals surface area contributed by atoms with E-state index < -0.39 is 17.8 Å².